The van der Waals surface area contributed by atoms with Gasteiger partial charge in [0.25, 0.3) is 0 Å². The van der Waals surface area contributed by atoms with Gasteiger partial charge in [0.1, 0.15) is 11.6 Å². The van der Waals surface area contributed by atoms with E-state index >= 15 is 0 Å². The topological polar surface area (TPSA) is 44.0 Å². The first kappa shape index (κ1) is 13.9. The van der Waals surface area contributed by atoms with Gasteiger partial charge in [0.05, 0.1) is 11.4 Å². The fourth-order valence-corrected chi connectivity index (χ4v) is 3.54. The van der Waals surface area contributed by atoms with Crippen molar-refractivity contribution in [3.05, 3.63) is 41.5 Å². The third-order valence-electron chi connectivity index (χ3n) is 4.75. The predicted molar refractivity (Wildman–Crippen MR) is 84.0 cm³/mol. The number of imidazole rings is 1. The summed E-state index contributed by atoms with van der Waals surface area (Å²) in [6, 6.07) is 7.25. The van der Waals surface area contributed by atoms with Gasteiger partial charge in [-0.05, 0) is 31.5 Å². The van der Waals surface area contributed by atoms with Gasteiger partial charge in [-0.25, -0.2) is 9.37 Å². The highest BCUT2D eigenvalue weighted by Gasteiger charge is 2.27. The zero-order valence-corrected chi connectivity index (χ0v) is 12.6. The molecule has 1 aromatic heterocycles. The molecule has 2 aliphatic rings. The molecule has 22 heavy (non-hydrogen) atoms. The van der Waals surface area contributed by atoms with Crippen molar-refractivity contribution in [1.29, 1.82) is 0 Å². The van der Waals surface area contributed by atoms with Crippen LogP contribution in [0.1, 0.15) is 24.2 Å². The number of benzene rings is 1. The Kier molecular flexibility index (Phi) is 3.68. The number of aromatic nitrogens is 2. The molecule has 1 unspecified atom stereocenters. The molecule has 0 spiro atoms. The van der Waals surface area contributed by atoms with Crippen LogP contribution in [0.15, 0.2) is 24.3 Å². The minimum Gasteiger partial charge on any atom is -0.341 e. The number of hydrogen-bond donors (Lipinski definition) is 2. The Morgan fingerprint density at radius 2 is 2.27 bits per heavy atom. The van der Waals surface area contributed by atoms with Gasteiger partial charge in [-0.1, -0.05) is 12.1 Å². The second kappa shape index (κ2) is 5.82. The normalized spacial score (nSPS) is 22.5. The van der Waals surface area contributed by atoms with Crippen molar-refractivity contribution in [3.8, 4) is 11.4 Å². The summed E-state index contributed by atoms with van der Waals surface area (Å²) in [4.78, 5) is 10.6. The van der Waals surface area contributed by atoms with E-state index in [1.54, 1.807) is 6.07 Å². The molecular formula is C17H21FN4. The van der Waals surface area contributed by atoms with E-state index in [0.29, 0.717) is 6.04 Å². The van der Waals surface area contributed by atoms with Gasteiger partial charge in [-0.15, -0.1) is 0 Å². The first-order valence-electron chi connectivity index (χ1n) is 8.08. The van der Waals surface area contributed by atoms with Crippen LogP contribution in [-0.4, -0.2) is 40.5 Å². The molecule has 1 aromatic carbocycles. The van der Waals surface area contributed by atoms with Gasteiger partial charge < -0.3 is 10.3 Å². The van der Waals surface area contributed by atoms with E-state index in [1.165, 1.54) is 30.7 Å². The van der Waals surface area contributed by atoms with E-state index in [2.05, 4.69) is 20.2 Å². The summed E-state index contributed by atoms with van der Waals surface area (Å²) < 4.78 is 13.4. The number of nitrogens with one attached hydrogen (secondary N) is 2. The lowest BCUT2D eigenvalue weighted by Gasteiger charge is -2.36. The Hall–Kier alpha value is -1.72. The Morgan fingerprint density at radius 3 is 3.09 bits per heavy atom. The van der Waals surface area contributed by atoms with Crippen molar-refractivity contribution in [2.45, 2.75) is 31.8 Å². The van der Waals surface area contributed by atoms with Crippen LogP contribution in [0, 0.1) is 5.82 Å². The second-order valence-corrected chi connectivity index (χ2v) is 6.24. The summed E-state index contributed by atoms with van der Waals surface area (Å²) in [5.74, 6) is 0.565. The number of fused-ring (bicyclic) bond motifs is 1. The first-order chi connectivity index (χ1) is 10.8. The third kappa shape index (κ3) is 2.66. The molecule has 2 aromatic rings. The average molecular weight is 300 g/mol. The predicted octanol–water partition coefficient (Wildman–Crippen LogP) is 2.33. The second-order valence-electron chi connectivity index (χ2n) is 6.24. The summed E-state index contributed by atoms with van der Waals surface area (Å²) in [6.07, 6.45) is 3.50. The molecule has 0 saturated carbocycles. The highest BCUT2D eigenvalue weighted by Crippen LogP contribution is 2.25. The van der Waals surface area contributed by atoms with Crippen LogP contribution in [0.2, 0.25) is 0 Å². The van der Waals surface area contributed by atoms with E-state index in [9.17, 15) is 4.39 Å². The summed E-state index contributed by atoms with van der Waals surface area (Å²) in [5.41, 5.74) is 3.15. The molecule has 4 rings (SSSR count). The Labute approximate surface area is 129 Å². The smallest absolute Gasteiger partial charge is 0.137 e. The van der Waals surface area contributed by atoms with Crippen LogP contribution >= 0.6 is 0 Å². The molecule has 2 N–H and O–H groups in total. The standard InChI is InChI=1S/C17H21FN4/c18-13-4-1-3-12(9-13)17-20-15-6-8-22(11-16(15)21-17)14-5-2-7-19-10-14/h1,3-4,9,14,19H,2,5-8,10-11H2,(H,20,21). The molecule has 3 heterocycles. The number of aromatic amines is 1. The summed E-state index contributed by atoms with van der Waals surface area (Å²) >= 11 is 0. The van der Waals surface area contributed by atoms with Crippen molar-refractivity contribution in [1.82, 2.24) is 20.2 Å². The molecule has 0 amide bonds. The lowest BCUT2D eigenvalue weighted by Crippen LogP contribution is -2.47. The van der Waals surface area contributed by atoms with Gasteiger partial charge in [0.2, 0.25) is 0 Å². The zero-order chi connectivity index (χ0) is 14.9. The van der Waals surface area contributed by atoms with Crippen LogP contribution < -0.4 is 5.32 Å². The summed E-state index contributed by atoms with van der Waals surface area (Å²) in [7, 11) is 0. The minimum absolute atomic E-state index is 0.221. The zero-order valence-electron chi connectivity index (χ0n) is 12.6. The molecule has 116 valence electrons. The van der Waals surface area contributed by atoms with E-state index in [1.807, 2.05) is 6.07 Å². The fourth-order valence-electron chi connectivity index (χ4n) is 3.54. The number of halogens is 1. The van der Waals surface area contributed by atoms with Crippen molar-refractivity contribution in [3.63, 3.8) is 0 Å². The van der Waals surface area contributed by atoms with Gasteiger partial charge >= 0.3 is 0 Å². The summed E-state index contributed by atoms with van der Waals surface area (Å²) in [5, 5.41) is 3.48. The molecule has 0 bridgehead atoms. The number of piperidine rings is 1. The third-order valence-corrected chi connectivity index (χ3v) is 4.75. The maximum atomic E-state index is 13.4. The maximum absolute atomic E-state index is 13.4. The molecule has 1 fully saturated rings. The van der Waals surface area contributed by atoms with Gasteiger partial charge in [-0.2, -0.15) is 0 Å². The van der Waals surface area contributed by atoms with Gasteiger partial charge in [0, 0.05) is 37.7 Å². The summed E-state index contributed by atoms with van der Waals surface area (Å²) in [6.45, 7) is 4.21. The van der Waals surface area contributed by atoms with Crippen LogP contribution in [0.4, 0.5) is 4.39 Å². The van der Waals surface area contributed by atoms with E-state index in [0.717, 1.165) is 49.7 Å². The van der Waals surface area contributed by atoms with E-state index in [-0.39, 0.29) is 5.82 Å². The molecule has 1 atom stereocenters. The quantitative estimate of drug-likeness (QED) is 0.894. The number of hydrogen-bond acceptors (Lipinski definition) is 3. The lowest BCUT2D eigenvalue weighted by molar-refractivity contribution is 0.148. The highest BCUT2D eigenvalue weighted by atomic mass is 19.1. The Bertz CT molecular complexity index is 660. The molecule has 5 heteroatoms. The number of H-pyrrole nitrogens is 1. The first-order valence-corrected chi connectivity index (χ1v) is 8.08. The van der Waals surface area contributed by atoms with Crippen molar-refractivity contribution >= 4 is 0 Å². The average Bonchev–Trinajstić information content (AvgIpc) is 2.99. The SMILES string of the molecule is Fc1cccc(-c2nc3c([nH]2)CN(C2CCCNC2)CC3)c1. The van der Waals surface area contributed by atoms with Crippen molar-refractivity contribution in [2.24, 2.45) is 0 Å². The highest BCUT2D eigenvalue weighted by molar-refractivity contribution is 5.56. The largest absolute Gasteiger partial charge is 0.341 e. The molecule has 2 aliphatic heterocycles. The van der Waals surface area contributed by atoms with Crippen LogP contribution in [-0.2, 0) is 13.0 Å². The molecule has 4 nitrogen and oxygen atoms in total. The lowest BCUT2D eigenvalue weighted by atomic mass is 10.0. The van der Waals surface area contributed by atoms with E-state index in [4.69, 9.17) is 0 Å². The molecule has 0 aliphatic carbocycles. The monoisotopic (exact) mass is 300 g/mol. The molecule has 0 radical (unpaired) electrons. The number of rotatable bonds is 2. The maximum Gasteiger partial charge on any atom is 0.137 e. The van der Waals surface area contributed by atoms with Gasteiger partial charge in [-0.3, -0.25) is 4.90 Å². The fraction of sp³-hybridized carbons (Fsp3) is 0.471. The van der Waals surface area contributed by atoms with Gasteiger partial charge in [0.15, 0.2) is 0 Å². The number of nitrogens with zero attached hydrogens (tertiary/aromatic N) is 2. The van der Waals surface area contributed by atoms with Crippen LogP contribution in [0.5, 0.6) is 0 Å². The molecule has 1 saturated heterocycles. The Balaban J connectivity index is 1.55. The van der Waals surface area contributed by atoms with Crippen molar-refractivity contribution < 1.29 is 4.39 Å². The van der Waals surface area contributed by atoms with Crippen LogP contribution in [0.3, 0.4) is 0 Å². The minimum atomic E-state index is -0.221. The molecular weight excluding hydrogens is 279 g/mol. The van der Waals surface area contributed by atoms with E-state index < -0.39 is 0 Å². The van der Waals surface area contributed by atoms with Crippen LogP contribution in [0.25, 0.3) is 11.4 Å². The van der Waals surface area contributed by atoms with Crippen molar-refractivity contribution in [2.75, 3.05) is 19.6 Å². The Morgan fingerprint density at radius 1 is 1.32 bits per heavy atom.